The van der Waals surface area contributed by atoms with Crippen molar-refractivity contribution in [2.45, 2.75) is 70.4 Å². The van der Waals surface area contributed by atoms with Gasteiger partial charge in [-0.15, -0.1) is 0 Å². The average Bonchev–Trinajstić information content (AvgIpc) is 3.28. The summed E-state index contributed by atoms with van der Waals surface area (Å²) in [5.41, 5.74) is -1.44. The molecule has 1 aliphatic carbocycles. The highest BCUT2D eigenvalue weighted by atomic mass is 16.6. The van der Waals surface area contributed by atoms with Crippen LogP contribution < -0.4 is 5.32 Å². The van der Waals surface area contributed by atoms with Crippen LogP contribution in [0, 0.1) is 5.92 Å². The molecule has 1 saturated carbocycles. The molecular weight excluding hydrogens is 388 g/mol. The highest BCUT2D eigenvalue weighted by Crippen LogP contribution is 2.53. The molecule has 2 heterocycles. The number of hydrogen-bond acceptors (Lipinski definition) is 8. The normalized spacial score (nSPS) is 28.3. The molecule has 2 fully saturated rings. The van der Waals surface area contributed by atoms with E-state index in [1.54, 1.807) is 20.8 Å². The van der Waals surface area contributed by atoms with Crippen molar-refractivity contribution in [1.82, 2.24) is 10.2 Å². The van der Waals surface area contributed by atoms with Gasteiger partial charge in [0.05, 0.1) is 31.4 Å². The maximum absolute atomic E-state index is 13.4. The summed E-state index contributed by atoms with van der Waals surface area (Å²) in [6, 6.07) is 0. The van der Waals surface area contributed by atoms with Crippen LogP contribution in [0.2, 0.25) is 0 Å². The van der Waals surface area contributed by atoms with E-state index in [9.17, 15) is 14.4 Å². The van der Waals surface area contributed by atoms with Crippen LogP contribution in [-0.2, 0) is 28.6 Å². The van der Waals surface area contributed by atoms with Crippen molar-refractivity contribution >= 4 is 17.9 Å². The van der Waals surface area contributed by atoms with E-state index in [0.29, 0.717) is 24.1 Å². The molecule has 1 N–H and O–H groups in total. The predicted octanol–water partition coefficient (Wildman–Crippen LogP) is 1.93. The largest absolute Gasteiger partial charge is 0.466 e. The van der Waals surface area contributed by atoms with E-state index in [1.165, 1.54) is 7.11 Å². The van der Waals surface area contributed by atoms with Gasteiger partial charge in [0.25, 0.3) is 0 Å². The molecule has 1 saturated heterocycles. The zero-order valence-corrected chi connectivity index (χ0v) is 18.5. The molecule has 0 aromatic carbocycles. The first-order valence-corrected chi connectivity index (χ1v) is 11.1. The second-order valence-corrected chi connectivity index (χ2v) is 8.28. The maximum atomic E-state index is 13.4. The number of hydrogen-bond donors (Lipinski definition) is 1. The quantitative estimate of drug-likeness (QED) is 0.394. The molecule has 2 atom stereocenters. The lowest BCUT2D eigenvalue weighted by Gasteiger charge is -2.58. The Morgan fingerprint density at radius 1 is 1.03 bits per heavy atom. The van der Waals surface area contributed by atoms with Crippen molar-refractivity contribution in [3.63, 3.8) is 0 Å². The molecule has 8 heteroatoms. The van der Waals surface area contributed by atoms with Crippen LogP contribution in [-0.4, -0.2) is 67.3 Å². The summed E-state index contributed by atoms with van der Waals surface area (Å²) in [6.45, 7) is 7.10. The number of carbonyl (C=O) groups is 3. The molecule has 0 aromatic rings. The van der Waals surface area contributed by atoms with Crippen LogP contribution in [0.1, 0.15) is 59.3 Å². The molecule has 0 amide bonds. The van der Waals surface area contributed by atoms with E-state index in [-0.39, 0.29) is 13.2 Å². The van der Waals surface area contributed by atoms with Gasteiger partial charge in [-0.1, -0.05) is 12.8 Å². The highest BCUT2D eigenvalue weighted by molar-refractivity contribution is 6.07. The van der Waals surface area contributed by atoms with Gasteiger partial charge in [-0.3, -0.25) is 4.90 Å². The van der Waals surface area contributed by atoms with Gasteiger partial charge in [-0.05, 0) is 59.5 Å². The minimum atomic E-state index is -1.68. The van der Waals surface area contributed by atoms with Crippen molar-refractivity contribution in [3.05, 3.63) is 11.3 Å². The molecule has 0 spiro atoms. The van der Waals surface area contributed by atoms with Crippen molar-refractivity contribution in [2.24, 2.45) is 5.92 Å². The van der Waals surface area contributed by atoms with Crippen LogP contribution in [0.15, 0.2) is 11.3 Å². The summed E-state index contributed by atoms with van der Waals surface area (Å²) in [5, 5.41) is 3.11. The molecule has 168 valence electrons. The fraction of sp³-hybridized carbons (Fsp3) is 0.773. The third-order valence-electron chi connectivity index (χ3n) is 6.85. The molecule has 0 radical (unpaired) electrons. The molecule has 8 nitrogen and oxygen atoms in total. The highest BCUT2D eigenvalue weighted by Gasteiger charge is 2.68. The SMILES string of the molecule is CCOC(=O)C1(C(=O)OCC)NC(C)=C(C(=O)OC)C2(N3CCCC3)CCCCC12. The topological polar surface area (TPSA) is 94.2 Å². The lowest BCUT2D eigenvalue weighted by atomic mass is 9.57. The van der Waals surface area contributed by atoms with Gasteiger partial charge in [0, 0.05) is 11.6 Å². The number of carbonyl (C=O) groups excluding carboxylic acids is 3. The molecular formula is C22H34N2O6. The van der Waals surface area contributed by atoms with E-state index in [4.69, 9.17) is 14.2 Å². The minimum absolute atomic E-state index is 0.151. The van der Waals surface area contributed by atoms with Crippen LogP contribution in [0.25, 0.3) is 0 Å². The van der Waals surface area contributed by atoms with Crippen molar-refractivity contribution < 1.29 is 28.6 Å². The van der Waals surface area contributed by atoms with Crippen LogP contribution in [0.5, 0.6) is 0 Å². The second kappa shape index (κ2) is 8.96. The van der Waals surface area contributed by atoms with Gasteiger partial charge in [0.15, 0.2) is 0 Å². The number of likely N-dealkylation sites (tertiary alicyclic amines) is 1. The Labute approximate surface area is 178 Å². The van der Waals surface area contributed by atoms with Crippen molar-refractivity contribution in [3.8, 4) is 0 Å². The number of fused-ring (bicyclic) bond motifs is 1. The average molecular weight is 423 g/mol. The smallest absolute Gasteiger partial charge is 0.343 e. The van der Waals surface area contributed by atoms with Crippen LogP contribution >= 0.6 is 0 Å². The Hall–Kier alpha value is -2.09. The first-order valence-electron chi connectivity index (χ1n) is 11.1. The van der Waals surface area contributed by atoms with Crippen LogP contribution in [0.3, 0.4) is 0 Å². The van der Waals surface area contributed by atoms with Gasteiger partial charge in [-0.25, -0.2) is 14.4 Å². The van der Waals surface area contributed by atoms with E-state index in [1.807, 2.05) is 0 Å². The molecule has 2 unspecified atom stereocenters. The van der Waals surface area contributed by atoms with Gasteiger partial charge in [0.2, 0.25) is 5.54 Å². The summed E-state index contributed by atoms with van der Waals surface area (Å²) >= 11 is 0. The zero-order valence-electron chi connectivity index (χ0n) is 18.5. The van der Waals surface area contributed by atoms with Crippen molar-refractivity contribution in [1.29, 1.82) is 0 Å². The molecule has 3 rings (SSSR count). The number of ether oxygens (including phenoxy) is 3. The lowest BCUT2D eigenvalue weighted by molar-refractivity contribution is -0.177. The third kappa shape index (κ3) is 3.29. The minimum Gasteiger partial charge on any atom is -0.466 e. The van der Waals surface area contributed by atoms with Gasteiger partial charge in [0.1, 0.15) is 0 Å². The van der Waals surface area contributed by atoms with E-state index in [2.05, 4.69) is 10.2 Å². The number of methoxy groups -OCH3 is 1. The first-order chi connectivity index (χ1) is 14.4. The predicted molar refractivity (Wildman–Crippen MR) is 109 cm³/mol. The number of nitrogens with one attached hydrogen (secondary N) is 1. The van der Waals surface area contributed by atoms with E-state index < -0.39 is 34.9 Å². The summed E-state index contributed by atoms with van der Waals surface area (Å²) < 4.78 is 16.0. The lowest BCUT2D eigenvalue weighted by Crippen LogP contribution is -2.76. The molecule has 2 aliphatic heterocycles. The molecule has 0 bridgehead atoms. The van der Waals surface area contributed by atoms with E-state index in [0.717, 1.165) is 38.8 Å². The number of esters is 3. The Balaban J connectivity index is 2.28. The second-order valence-electron chi connectivity index (χ2n) is 8.28. The van der Waals surface area contributed by atoms with Crippen LogP contribution in [0.4, 0.5) is 0 Å². The Kier molecular flexibility index (Phi) is 6.75. The fourth-order valence-corrected chi connectivity index (χ4v) is 5.84. The standard InChI is InChI=1S/C22H34N2O6/c1-5-29-19(26)22(20(27)30-6-2)16-11-7-8-12-21(16,24-13-9-10-14-24)17(15(3)23-22)18(25)28-4/h16,23H,5-14H2,1-4H3. The summed E-state index contributed by atoms with van der Waals surface area (Å²) in [5.74, 6) is -2.18. The molecule has 30 heavy (non-hydrogen) atoms. The Morgan fingerprint density at radius 2 is 1.63 bits per heavy atom. The van der Waals surface area contributed by atoms with Gasteiger partial charge >= 0.3 is 17.9 Å². The van der Waals surface area contributed by atoms with Gasteiger partial charge in [-0.2, -0.15) is 0 Å². The fourth-order valence-electron chi connectivity index (χ4n) is 5.84. The Morgan fingerprint density at radius 3 is 2.17 bits per heavy atom. The monoisotopic (exact) mass is 422 g/mol. The summed E-state index contributed by atoms with van der Waals surface area (Å²) in [7, 11) is 1.37. The maximum Gasteiger partial charge on any atom is 0.343 e. The summed E-state index contributed by atoms with van der Waals surface area (Å²) in [4.78, 5) is 42.1. The number of nitrogens with zero attached hydrogens (tertiary/aromatic N) is 1. The first kappa shape index (κ1) is 22.6. The zero-order chi connectivity index (χ0) is 21.9. The van der Waals surface area contributed by atoms with Gasteiger partial charge < -0.3 is 19.5 Å². The molecule has 0 aromatic heterocycles. The summed E-state index contributed by atoms with van der Waals surface area (Å²) in [6.07, 6.45) is 5.08. The number of allylic oxidation sites excluding steroid dienone is 1. The molecule has 3 aliphatic rings. The Bertz CT molecular complexity index is 709. The number of rotatable bonds is 6. The van der Waals surface area contributed by atoms with Crippen molar-refractivity contribution in [2.75, 3.05) is 33.4 Å². The van der Waals surface area contributed by atoms with E-state index >= 15 is 0 Å². The third-order valence-corrected chi connectivity index (χ3v) is 6.85.